The number of aromatic nitrogens is 3. The second-order valence-corrected chi connectivity index (χ2v) is 5.14. The van der Waals surface area contributed by atoms with Crippen LogP contribution < -0.4 is 27.4 Å². The van der Waals surface area contributed by atoms with Crippen molar-refractivity contribution in [3.05, 3.63) is 48.5 Å². The van der Waals surface area contributed by atoms with Crippen molar-refractivity contribution in [3.8, 4) is 0 Å². The van der Waals surface area contributed by atoms with E-state index in [1.165, 1.54) is 0 Å². The topological polar surface area (TPSA) is 147 Å². The lowest BCUT2D eigenvalue weighted by atomic mass is 10.3. The van der Waals surface area contributed by atoms with Crippen LogP contribution in [0.25, 0.3) is 0 Å². The molecular formula is C16H18N8O. The van der Waals surface area contributed by atoms with Gasteiger partial charge >= 0.3 is 0 Å². The molecule has 0 radical (unpaired) electrons. The molecule has 2 aromatic carbocycles. The van der Waals surface area contributed by atoms with E-state index in [0.717, 1.165) is 11.4 Å². The van der Waals surface area contributed by atoms with Gasteiger partial charge in [-0.25, -0.2) is 0 Å². The van der Waals surface area contributed by atoms with Gasteiger partial charge in [-0.05, 0) is 36.4 Å². The Morgan fingerprint density at radius 3 is 1.68 bits per heavy atom. The highest BCUT2D eigenvalue weighted by atomic mass is 16.3. The monoisotopic (exact) mass is 338 g/mol. The summed E-state index contributed by atoms with van der Waals surface area (Å²) < 4.78 is 0. The summed E-state index contributed by atoms with van der Waals surface area (Å²) >= 11 is 0. The molecule has 8 N–H and O–H groups in total. The minimum absolute atomic E-state index is 0.218. The highest BCUT2D eigenvalue weighted by Crippen LogP contribution is 2.20. The number of nitrogens with zero attached hydrogens (tertiary/aromatic N) is 3. The molecule has 3 aromatic rings. The molecule has 0 atom stereocenters. The number of nitrogens with two attached hydrogens (primary N) is 2. The predicted molar refractivity (Wildman–Crippen MR) is 98.8 cm³/mol. The van der Waals surface area contributed by atoms with Gasteiger partial charge in [0.25, 0.3) is 0 Å². The van der Waals surface area contributed by atoms with Gasteiger partial charge in [0.15, 0.2) is 0 Å². The van der Waals surface area contributed by atoms with E-state index in [2.05, 4.69) is 30.9 Å². The molecule has 25 heavy (non-hydrogen) atoms. The molecule has 0 saturated carbocycles. The van der Waals surface area contributed by atoms with Gasteiger partial charge in [-0.1, -0.05) is 12.1 Å². The minimum atomic E-state index is -0.306. The van der Waals surface area contributed by atoms with Crippen molar-refractivity contribution in [2.45, 2.75) is 0 Å². The zero-order valence-electron chi connectivity index (χ0n) is 13.3. The van der Waals surface area contributed by atoms with Crippen LogP contribution in [0.5, 0.6) is 0 Å². The summed E-state index contributed by atoms with van der Waals surface area (Å²) in [4.78, 5) is 12.7. The fourth-order valence-electron chi connectivity index (χ4n) is 2.13. The van der Waals surface area contributed by atoms with E-state index in [1.54, 1.807) is 24.3 Å². The Morgan fingerprint density at radius 2 is 1.24 bits per heavy atom. The molecule has 3 rings (SSSR count). The molecule has 0 aliphatic carbocycles. The number of rotatable bonds is 6. The lowest BCUT2D eigenvalue weighted by Gasteiger charge is -2.11. The SMILES string of the molecule is Nc1cccc(Nc2nc(NCO)nc(Nc3cccc(N)c3)n2)c1. The summed E-state index contributed by atoms with van der Waals surface area (Å²) in [5.74, 6) is 0.807. The van der Waals surface area contributed by atoms with Crippen LogP contribution in [-0.4, -0.2) is 26.8 Å². The summed E-state index contributed by atoms with van der Waals surface area (Å²) in [6.07, 6.45) is 0. The van der Waals surface area contributed by atoms with Gasteiger partial charge in [-0.3, -0.25) is 0 Å². The Hall–Kier alpha value is -3.59. The summed E-state index contributed by atoms with van der Waals surface area (Å²) in [5.41, 5.74) is 14.2. The first-order valence-corrected chi connectivity index (χ1v) is 7.48. The van der Waals surface area contributed by atoms with Crippen LogP contribution in [0.4, 0.5) is 40.6 Å². The molecule has 0 aliphatic heterocycles. The van der Waals surface area contributed by atoms with E-state index in [1.807, 2.05) is 24.3 Å². The maximum atomic E-state index is 9.07. The highest BCUT2D eigenvalue weighted by Gasteiger charge is 2.07. The van der Waals surface area contributed by atoms with E-state index in [0.29, 0.717) is 23.3 Å². The third-order valence-corrected chi connectivity index (χ3v) is 3.16. The van der Waals surface area contributed by atoms with E-state index >= 15 is 0 Å². The first-order valence-electron chi connectivity index (χ1n) is 7.48. The van der Waals surface area contributed by atoms with Crippen molar-refractivity contribution < 1.29 is 5.11 Å². The summed E-state index contributed by atoms with van der Waals surface area (Å²) in [7, 11) is 0. The van der Waals surface area contributed by atoms with Gasteiger partial charge in [-0.15, -0.1) is 0 Å². The number of benzene rings is 2. The number of anilines is 7. The fourth-order valence-corrected chi connectivity index (χ4v) is 2.13. The normalized spacial score (nSPS) is 10.3. The van der Waals surface area contributed by atoms with Crippen LogP contribution in [0, 0.1) is 0 Å². The van der Waals surface area contributed by atoms with Crippen LogP contribution >= 0.6 is 0 Å². The van der Waals surface area contributed by atoms with Gasteiger partial charge in [0.1, 0.15) is 6.73 Å². The van der Waals surface area contributed by atoms with Gasteiger partial charge in [0, 0.05) is 22.7 Å². The Balaban J connectivity index is 1.88. The average Bonchev–Trinajstić information content (AvgIpc) is 2.55. The van der Waals surface area contributed by atoms with Gasteiger partial charge < -0.3 is 32.5 Å². The average molecular weight is 338 g/mol. The van der Waals surface area contributed by atoms with Crippen LogP contribution in [-0.2, 0) is 0 Å². The molecule has 0 aliphatic rings. The first-order chi connectivity index (χ1) is 12.1. The van der Waals surface area contributed by atoms with Crippen LogP contribution in [0.15, 0.2) is 48.5 Å². The van der Waals surface area contributed by atoms with Crippen molar-refractivity contribution in [1.82, 2.24) is 15.0 Å². The Labute approximate surface area is 144 Å². The van der Waals surface area contributed by atoms with E-state index in [-0.39, 0.29) is 12.7 Å². The second kappa shape index (κ2) is 7.32. The van der Waals surface area contributed by atoms with E-state index in [4.69, 9.17) is 16.6 Å². The quantitative estimate of drug-likeness (QED) is 0.293. The van der Waals surface area contributed by atoms with Gasteiger partial charge in [0.05, 0.1) is 0 Å². The maximum Gasteiger partial charge on any atom is 0.233 e. The minimum Gasteiger partial charge on any atom is -0.399 e. The van der Waals surface area contributed by atoms with E-state index < -0.39 is 0 Å². The predicted octanol–water partition coefficient (Wildman–Crippen LogP) is 1.88. The largest absolute Gasteiger partial charge is 0.399 e. The van der Waals surface area contributed by atoms with Crippen molar-refractivity contribution >= 4 is 40.6 Å². The fraction of sp³-hybridized carbons (Fsp3) is 0.0625. The molecule has 1 aromatic heterocycles. The smallest absolute Gasteiger partial charge is 0.233 e. The molecule has 0 saturated heterocycles. The molecule has 0 fully saturated rings. The van der Waals surface area contributed by atoms with Crippen molar-refractivity contribution in [3.63, 3.8) is 0 Å². The van der Waals surface area contributed by atoms with Crippen molar-refractivity contribution in [2.75, 3.05) is 34.1 Å². The van der Waals surface area contributed by atoms with Gasteiger partial charge in [0.2, 0.25) is 17.8 Å². The molecule has 128 valence electrons. The number of nitrogen functional groups attached to an aromatic ring is 2. The Kier molecular flexibility index (Phi) is 4.77. The maximum absolute atomic E-state index is 9.07. The summed E-state index contributed by atoms with van der Waals surface area (Å²) in [5, 5.41) is 17.8. The number of aliphatic hydroxyl groups excluding tert-OH is 1. The van der Waals surface area contributed by atoms with Crippen LogP contribution in [0.1, 0.15) is 0 Å². The third-order valence-electron chi connectivity index (χ3n) is 3.16. The molecule has 9 heteroatoms. The standard InChI is InChI=1S/C16H18N8O/c17-10-3-1-5-12(7-10)20-15-22-14(19-9-25)23-16(24-15)21-13-6-2-4-11(18)8-13/h1-8,25H,9,17-18H2,(H3,19,20,21,22,23,24). The lowest BCUT2D eigenvalue weighted by molar-refractivity contribution is 0.324. The van der Waals surface area contributed by atoms with Gasteiger partial charge in [-0.2, -0.15) is 15.0 Å². The summed E-state index contributed by atoms with van der Waals surface area (Å²) in [6, 6.07) is 14.4. The van der Waals surface area contributed by atoms with Crippen LogP contribution in [0.2, 0.25) is 0 Å². The number of aliphatic hydroxyl groups is 1. The number of hydrogen-bond acceptors (Lipinski definition) is 9. The van der Waals surface area contributed by atoms with Crippen LogP contribution in [0.3, 0.4) is 0 Å². The molecule has 0 bridgehead atoms. The number of nitrogens with one attached hydrogen (secondary N) is 3. The number of hydrogen-bond donors (Lipinski definition) is 6. The molecule has 0 spiro atoms. The van der Waals surface area contributed by atoms with Crippen molar-refractivity contribution in [1.29, 1.82) is 0 Å². The molecule has 0 amide bonds. The van der Waals surface area contributed by atoms with E-state index in [9.17, 15) is 0 Å². The molecular weight excluding hydrogens is 320 g/mol. The zero-order valence-corrected chi connectivity index (χ0v) is 13.3. The molecule has 9 nitrogen and oxygen atoms in total. The summed E-state index contributed by atoms with van der Waals surface area (Å²) in [6.45, 7) is -0.306. The highest BCUT2D eigenvalue weighted by molar-refractivity contribution is 5.63. The molecule has 1 heterocycles. The lowest BCUT2D eigenvalue weighted by Crippen LogP contribution is -2.10. The zero-order chi connectivity index (χ0) is 17.6. The van der Waals surface area contributed by atoms with Crippen molar-refractivity contribution in [2.24, 2.45) is 0 Å². The second-order valence-electron chi connectivity index (χ2n) is 5.14. The Morgan fingerprint density at radius 1 is 0.760 bits per heavy atom. The first kappa shape index (κ1) is 16.3. The Bertz CT molecular complexity index is 805. The molecule has 0 unspecified atom stereocenters. The third kappa shape index (κ3) is 4.45.